The first-order valence-electron chi connectivity index (χ1n) is 21.3. The predicted molar refractivity (Wildman–Crippen MR) is 247 cm³/mol. The second-order valence-corrected chi connectivity index (χ2v) is 15.7. The minimum Gasteiger partial charge on any atom is -0.379 e. The Balaban J connectivity index is 1.20. The van der Waals surface area contributed by atoms with Crippen molar-refractivity contribution in [1.82, 2.24) is 25.2 Å². The third-order valence-corrected chi connectivity index (χ3v) is 10.7. The van der Waals surface area contributed by atoms with Gasteiger partial charge in [-0.3, -0.25) is 0 Å². The molecule has 0 N–H and O–H groups in total. The highest BCUT2D eigenvalue weighted by atomic mass is 16.5. The summed E-state index contributed by atoms with van der Waals surface area (Å²) in [6.07, 6.45) is 2.11. The molecule has 9 rings (SSSR count). The van der Waals surface area contributed by atoms with Gasteiger partial charge in [-0.25, -0.2) is 0 Å². The van der Waals surface area contributed by atoms with E-state index in [-0.39, 0.29) is 0 Å². The van der Waals surface area contributed by atoms with Crippen LogP contribution in [-0.4, -0.2) is 33.3 Å². The lowest BCUT2D eigenvalue weighted by Gasteiger charge is -2.25. The van der Waals surface area contributed by atoms with Gasteiger partial charge in [-0.05, 0) is 90.3 Å². The van der Waals surface area contributed by atoms with Crippen molar-refractivity contribution in [1.29, 1.82) is 0 Å². The summed E-state index contributed by atoms with van der Waals surface area (Å²) in [6.45, 7) is 9.00. The van der Waals surface area contributed by atoms with Crippen LogP contribution < -0.4 is 19.7 Å². The van der Waals surface area contributed by atoms with E-state index in [0.29, 0.717) is 25.6 Å². The maximum atomic E-state index is 6.00. The van der Waals surface area contributed by atoms with Gasteiger partial charge < -0.3 is 14.5 Å². The van der Waals surface area contributed by atoms with Gasteiger partial charge in [0.2, 0.25) is 0 Å². The number of anilines is 6. The van der Waals surface area contributed by atoms with Gasteiger partial charge in [0.15, 0.2) is 6.54 Å². The summed E-state index contributed by atoms with van der Waals surface area (Å²) in [7, 11) is 0. The molecule has 0 unspecified atom stereocenters. The monoisotopic (exact) mass is 802 g/mol. The molecule has 7 aromatic carbocycles. The normalized spacial score (nSPS) is 11.5. The number of nitrogens with zero attached hydrogens (tertiary/aromatic N) is 8. The minimum atomic E-state index is 0.348. The van der Waals surface area contributed by atoms with Crippen LogP contribution in [0, 0.1) is 5.92 Å². The maximum Gasteiger partial charge on any atom is 0.165 e. The van der Waals surface area contributed by atoms with Gasteiger partial charge in [0.1, 0.15) is 11.0 Å². The van der Waals surface area contributed by atoms with E-state index < -0.39 is 0 Å². The SMILES string of the molecule is CCCCOCCn1nc2c(-c3ccc(N(c4ccccc4)c4ccccc4)cc3)c3n[n+](CC(C)C)[n-]c3c(-c3ccc(N(c4ccccc4)c4ccccc4)cc3)c2n1. The largest absolute Gasteiger partial charge is 0.379 e. The van der Waals surface area contributed by atoms with Gasteiger partial charge in [0.25, 0.3) is 0 Å². The van der Waals surface area contributed by atoms with E-state index in [0.717, 1.165) is 97.9 Å². The Hall–Kier alpha value is -7.10. The number of unbranched alkanes of at least 4 members (excludes halogenated alkanes) is 1. The summed E-state index contributed by atoms with van der Waals surface area (Å²) in [5.74, 6) is 0.348. The molecule has 0 saturated carbocycles. The molecular weight excluding hydrogens is 753 g/mol. The first-order valence-corrected chi connectivity index (χ1v) is 21.3. The summed E-state index contributed by atoms with van der Waals surface area (Å²) in [4.78, 5) is 8.17. The van der Waals surface area contributed by atoms with Crippen LogP contribution in [0.3, 0.4) is 0 Å². The third kappa shape index (κ3) is 8.38. The van der Waals surface area contributed by atoms with E-state index in [1.165, 1.54) is 0 Å². The van der Waals surface area contributed by atoms with Crippen LogP contribution in [0.4, 0.5) is 34.1 Å². The van der Waals surface area contributed by atoms with Crippen molar-refractivity contribution in [3.8, 4) is 22.3 Å². The van der Waals surface area contributed by atoms with Gasteiger partial charge in [-0.2, -0.15) is 30.0 Å². The number of rotatable bonds is 16. The fourth-order valence-electron chi connectivity index (χ4n) is 7.90. The number of benzene rings is 7. The molecule has 9 heteroatoms. The molecule has 2 heterocycles. The molecule has 0 aliphatic heterocycles. The van der Waals surface area contributed by atoms with Crippen molar-refractivity contribution in [2.24, 2.45) is 5.92 Å². The van der Waals surface area contributed by atoms with Gasteiger partial charge in [-0.1, -0.05) is 124 Å². The van der Waals surface area contributed by atoms with Crippen LogP contribution >= 0.6 is 0 Å². The standard InChI is InChI=1S/C52H50N8O/c1-4-5-35-61-36-34-57-53-49-47(39-26-30-45(31-27-39)59(41-18-10-6-11-19-41)42-20-12-7-13-21-42)51-52(56-58(55-51)37-38(2)3)48(50(49)54-57)40-28-32-46(33-29-40)60(43-22-14-8-15-23-43)44-24-16-9-17-25-44/h6-33,38H,4-5,34-37H2,1-3H3. The zero-order valence-electron chi connectivity index (χ0n) is 35.0. The summed E-state index contributed by atoms with van der Waals surface area (Å²) in [5.41, 5.74) is 13.4. The Morgan fingerprint density at radius 1 is 0.541 bits per heavy atom. The smallest absolute Gasteiger partial charge is 0.165 e. The molecule has 0 bridgehead atoms. The molecule has 0 aliphatic rings. The average molecular weight is 803 g/mol. The lowest BCUT2D eigenvalue weighted by molar-refractivity contribution is -0.808. The lowest BCUT2D eigenvalue weighted by atomic mass is 9.95. The quantitative estimate of drug-likeness (QED) is 0.0711. The van der Waals surface area contributed by atoms with Crippen LogP contribution in [0.25, 0.3) is 44.3 Å². The fraction of sp³-hybridized carbons (Fsp3) is 0.192. The number of aromatic nitrogens is 6. The van der Waals surface area contributed by atoms with Crippen molar-refractivity contribution < 1.29 is 9.53 Å². The topological polar surface area (TPSA) is 77.3 Å². The van der Waals surface area contributed by atoms with Crippen molar-refractivity contribution in [2.45, 2.75) is 46.7 Å². The van der Waals surface area contributed by atoms with Crippen LogP contribution in [0.2, 0.25) is 0 Å². The zero-order valence-corrected chi connectivity index (χ0v) is 35.0. The van der Waals surface area contributed by atoms with E-state index in [2.05, 4.69) is 176 Å². The second kappa shape index (κ2) is 18.0. The minimum absolute atomic E-state index is 0.348. The highest BCUT2D eigenvalue weighted by molar-refractivity contribution is 6.16. The van der Waals surface area contributed by atoms with Crippen molar-refractivity contribution in [3.05, 3.63) is 170 Å². The number of para-hydroxylation sites is 4. The van der Waals surface area contributed by atoms with Gasteiger partial charge in [0.05, 0.1) is 13.2 Å². The number of ether oxygens (including phenoxy) is 1. The van der Waals surface area contributed by atoms with Crippen LogP contribution in [0.1, 0.15) is 33.6 Å². The Morgan fingerprint density at radius 3 is 1.41 bits per heavy atom. The lowest BCUT2D eigenvalue weighted by Crippen LogP contribution is -2.42. The van der Waals surface area contributed by atoms with Gasteiger partial charge in [0, 0.05) is 68.8 Å². The molecular formula is C52H50N8O. The number of fused-ring (bicyclic) bond motifs is 2. The van der Waals surface area contributed by atoms with E-state index in [4.69, 9.17) is 25.1 Å². The summed E-state index contributed by atoms with van der Waals surface area (Å²) in [6, 6.07) is 59.3. The molecule has 0 amide bonds. The number of hydrogen-bond donors (Lipinski definition) is 0. The molecule has 0 fully saturated rings. The van der Waals surface area contributed by atoms with Crippen molar-refractivity contribution in [3.63, 3.8) is 0 Å². The van der Waals surface area contributed by atoms with E-state index in [1.54, 1.807) is 4.80 Å². The summed E-state index contributed by atoms with van der Waals surface area (Å²) >= 11 is 0. The Kier molecular flexibility index (Phi) is 11.6. The fourth-order valence-corrected chi connectivity index (χ4v) is 7.90. The Morgan fingerprint density at radius 2 is 0.967 bits per heavy atom. The Labute approximate surface area is 357 Å². The molecule has 304 valence electrons. The first-order chi connectivity index (χ1) is 30.1. The molecule has 9 nitrogen and oxygen atoms in total. The van der Waals surface area contributed by atoms with Crippen LogP contribution in [-0.2, 0) is 17.8 Å². The second-order valence-electron chi connectivity index (χ2n) is 15.7. The summed E-state index contributed by atoms with van der Waals surface area (Å²) in [5, 5.41) is 20.9. The third-order valence-electron chi connectivity index (χ3n) is 10.7. The van der Waals surface area contributed by atoms with Crippen molar-refractivity contribution >= 4 is 56.2 Å². The van der Waals surface area contributed by atoms with E-state index in [1.807, 2.05) is 29.1 Å². The summed E-state index contributed by atoms with van der Waals surface area (Å²) < 4.78 is 6.00. The molecule has 2 aromatic heterocycles. The highest BCUT2D eigenvalue weighted by Gasteiger charge is 2.24. The van der Waals surface area contributed by atoms with E-state index >= 15 is 0 Å². The van der Waals surface area contributed by atoms with Crippen LogP contribution in [0.5, 0.6) is 0 Å². The first kappa shape index (κ1) is 39.4. The van der Waals surface area contributed by atoms with Gasteiger partial charge >= 0.3 is 0 Å². The van der Waals surface area contributed by atoms with Crippen LogP contribution in [0.15, 0.2) is 170 Å². The molecule has 0 atom stereocenters. The molecule has 61 heavy (non-hydrogen) atoms. The molecule has 0 spiro atoms. The molecule has 0 saturated heterocycles. The van der Waals surface area contributed by atoms with E-state index in [9.17, 15) is 0 Å². The number of hydrogen-bond acceptors (Lipinski definition) is 6. The predicted octanol–water partition coefficient (Wildman–Crippen LogP) is 12.0. The average Bonchev–Trinajstić information content (AvgIpc) is 3.91. The molecule has 0 aliphatic carbocycles. The Bertz CT molecular complexity index is 2540. The van der Waals surface area contributed by atoms with Crippen molar-refractivity contribution in [2.75, 3.05) is 23.0 Å². The van der Waals surface area contributed by atoms with Gasteiger partial charge in [-0.15, -0.1) is 0 Å². The molecule has 0 radical (unpaired) electrons. The maximum absolute atomic E-state index is 6.00. The molecule has 9 aromatic rings. The zero-order chi connectivity index (χ0) is 41.5. The highest BCUT2D eigenvalue weighted by Crippen LogP contribution is 2.43.